The molecule has 1 aliphatic heterocycles. The number of aliphatic hydroxyl groups excluding tert-OH is 1. The highest BCUT2D eigenvalue weighted by atomic mass is 19.2. The first-order chi connectivity index (χ1) is 10.0. The van der Waals surface area contributed by atoms with Gasteiger partial charge < -0.3 is 9.63 Å². The average Bonchev–Trinajstić information content (AvgIpc) is 3.00. The van der Waals surface area contributed by atoms with Crippen LogP contribution in [0.5, 0.6) is 0 Å². The Kier molecular flexibility index (Phi) is 3.73. The lowest BCUT2D eigenvalue weighted by Gasteiger charge is -2.24. The lowest BCUT2D eigenvalue weighted by molar-refractivity contribution is 0.172. The fraction of sp³-hybridized carbons (Fsp3) is 0.400. The van der Waals surface area contributed by atoms with E-state index in [0.717, 1.165) is 17.4 Å². The van der Waals surface area contributed by atoms with Gasteiger partial charge in [0.2, 0.25) is 0 Å². The van der Waals surface area contributed by atoms with E-state index in [-0.39, 0.29) is 6.04 Å². The van der Waals surface area contributed by atoms with Crippen molar-refractivity contribution in [2.75, 3.05) is 6.54 Å². The molecular weight excluding hydrogens is 278 g/mol. The van der Waals surface area contributed by atoms with Crippen LogP contribution in [0.25, 0.3) is 0 Å². The highest BCUT2D eigenvalue weighted by Crippen LogP contribution is 2.34. The van der Waals surface area contributed by atoms with Gasteiger partial charge in [0.15, 0.2) is 11.6 Å². The monoisotopic (exact) mass is 294 g/mol. The van der Waals surface area contributed by atoms with E-state index < -0.39 is 17.7 Å². The Balaban J connectivity index is 1.85. The smallest absolute Gasteiger partial charge is 0.159 e. The predicted octanol–water partition coefficient (Wildman–Crippen LogP) is 2.57. The van der Waals surface area contributed by atoms with Crippen molar-refractivity contribution in [3.8, 4) is 0 Å². The van der Waals surface area contributed by atoms with E-state index in [1.54, 1.807) is 12.3 Å². The zero-order chi connectivity index (χ0) is 15.0. The summed E-state index contributed by atoms with van der Waals surface area (Å²) >= 11 is 0. The van der Waals surface area contributed by atoms with E-state index in [4.69, 9.17) is 4.52 Å². The Labute approximate surface area is 121 Å². The fourth-order valence-corrected chi connectivity index (χ4v) is 2.81. The van der Waals surface area contributed by atoms with Gasteiger partial charge in [0.1, 0.15) is 5.76 Å². The predicted molar refractivity (Wildman–Crippen MR) is 71.4 cm³/mol. The second kappa shape index (κ2) is 5.54. The molecule has 6 heteroatoms. The SMILES string of the molecule is Cc1oncc1CN1C[C@H](O)C[C@@H]1c1ccc(F)c(F)c1. The maximum atomic E-state index is 13.4. The molecule has 0 radical (unpaired) electrons. The molecule has 1 aliphatic rings. The van der Waals surface area contributed by atoms with Gasteiger partial charge in [0.25, 0.3) is 0 Å². The van der Waals surface area contributed by atoms with Gasteiger partial charge in [-0.05, 0) is 31.0 Å². The molecule has 2 atom stereocenters. The summed E-state index contributed by atoms with van der Waals surface area (Å²) in [5.74, 6) is -1.01. The van der Waals surface area contributed by atoms with Gasteiger partial charge in [-0.25, -0.2) is 8.78 Å². The summed E-state index contributed by atoms with van der Waals surface area (Å²) in [6.45, 7) is 2.85. The van der Waals surface area contributed by atoms with Gasteiger partial charge in [-0.2, -0.15) is 0 Å². The fourth-order valence-electron chi connectivity index (χ4n) is 2.81. The first-order valence-corrected chi connectivity index (χ1v) is 6.82. The van der Waals surface area contributed by atoms with Gasteiger partial charge in [-0.15, -0.1) is 0 Å². The molecule has 1 aromatic carbocycles. The largest absolute Gasteiger partial charge is 0.392 e. The Morgan fingerprint density at radius 2 is 2.19 bits per heavy atom. The van der Waals surface area contributed by atoms with Crippen molar-refractivity contribution in [3.63, 3.8) is 0 Å². The van der Waals surface area contributed by atoms with Crippen LogP contribution in [0.2, 0.25) is 0 Å². The topological polar surface area (TPSA) is 49.5 Å². The number of benzene rings is 1. The summed E-state index contributed by atoms with van der Waals surface area (Å²) in [5.41, 5.74) is 1.59. The summed E-state index contributed by atoms with van der Waals surface area (Å²) in [5, 5.41) is 13.6. The maximum Gasteiger partial charge on any atom is 0.159 e. The van der Waals surface area contributed by atoms with Crippen LogP contribution in [0.3, 0.4) is 0 Å². The molecule has 0 saturated carbocycles. The second-order valence-electron chi connectivity index (χ2n) is 5.42. The first-order valence-electron chi connectivity index (χ1n) is 6.82. The number of hydrogen-bond acceptors (Lipinski definition) is 4. The third-order valence-electron chi connectivity index (χ3n) is 3.93. The number of rotatable bonds is 3. The second-order valence-corrected chi connectivity index (χ2v) is 5.42. The molecule has 3 rings (SSSR count). The average molecular weight is 294 g/mol. The van der Waals surface area contributed by atoms with E-state index in [1.807, 2.05) is 11.8 Å². The number of hydrogen-bond donors (Lipinski definition) is 1. The number of β-amino-alcohol motifs (C(OH)–C–C–N with tert-alkyl or cyclic N) is 1. The lowest BCUT2D eigenvalue weighted by atomic mass is 10.0. The highest BCUT2D eigenvalue weighted by molar-refractivity contribution is 5.23. The number of halogens is 2. The van der Waals surface area contributed by atoms with Crippen LogP contribution in [-0.2, 0) is 6.54 Å². The van der Waals surface area contributed by atoms with Crippen LogP contribution >= 0.6 is 0 Å². The quantitative estimate of drug-likeness (QED) is 0.945. The van der Waals surface area contributed by atoms with Gasteiger partial charge >= 0.3 is 0 Å². The van der Waals surface area contributed by atoms with E-state index in [1.165, 1.54) is 6.07 Å². The molecule has 1 saturated heterocycles. The van der Waals surface area contributed by atoms with E-state index in [0.29, 0.717) is 25.1 Å². The number of aliphatic hydroxyl groups is 1. The Morgan fingerprint density at radius 1 is 1.38 bits per heavy atom. The summed E-state index contributed by atoms with van der Waals surface area (Å²) < 4.78 is 31.5. The molecule has 0 spiro atoms. The van der Waals surface area contributed by atoms with Gasteiger partial charge in [-0.3, -0.25) is 4.90 Å². The molecule has 2 heterocycles. The van der Waals surface area contributed by atoms with E-state index >= 15 is 0 Å². The Morgan fingerprint density at radius 3 is 2.86 bits per heavy atom. The van der Waals surface area contributed by atoms with Crippen LogP contribution in [0, 0.1) is 18.6 Å². The molecule has 21 heavy (non-hydrogen) atoms. The van der Waals surface area contributed by atoms with E-state index in [9.17, 15) is 13.9 Å². The van der Waals surface area contributed by atoms with Crippen LogP contribution in [-0.4, -0.2) is 27.8 Å². The van der Waals surface area contributed by atoms with E-state index in [2.05, 4.69) is 5.16 Å². The lowest BCUT2D eigenvalue weighted by Crippen LogP contribution is -2.24. The van der Waals surface area contributed by atoms with Crippen molar-refractivity contribution < 1.29 is 18.4 Å². The molecule has 1 aromatic heterocycles. The summed E-state index contributed by atoms with van der Waals surface area (Å²) in [4.78, 5) is 2.02. The van der Waals surface area contributed by atoms with Crippen molar-refractivity contribution in [2.45, 2.75) is 32.0 Å². The van der Waals surface area contributed by atoms with Crippen molar-refractivity contribution in [1.82, 2.24) is 10.1 Å². The van der Waals surface area contributed by atoms with Gasteiger partial charge in [0.05, 0.1) is 12.3 Å². The molecule has 1 fully saturated rings. The van der Waals surface area contributed by atoms with Crippen molar-refractivity contribution in [3.05, 3.63) is 52.9 Å². The summed E-state index contributed by atoms with van der Waals surface area (Å²) in [7, 11) is 0. The number of nitrogens with zero attached hydrogens (tertiary/aromatic N) is 2. The van der Waals surface area contributed by atoms with Crippen molar-refractivity contribution in [1.29, 1.82) is 0 Å². The standard InChI is InChI=1S/C15H16F2N2O2/c1-9-11(6-18-21-9)7-19-8-12(20)5-15(19)10-2-3-13(16)14(17)4-10/h2-4,6,12,15,20H,5,7-8H2,1H3/t12-,15-/m1/s1. The van der Waals surface area contributed by atoms with Crippen LogP contribution < -0.4 is 0 Å². The third kappa shape index (κ3) is 2.82. The molecule has 0 unspecified atom stereocenters. The molecule has 0 amide bonds. The minimum atomic E-state index is -0.866. The molecule has 4 nitrogen and oxygen atoms in total. The summed E-state index contributed by atoms with van der Waals surface area (Å²) in [6.07, 6.45) is 1.65. The third-order valence-corrected chi connectivity index (χ3v) is 3.93. The maximum absolute atomic E-state index is 13.4. The molecule has 2 aromatic rings. The number of aryl methyl sites for hydroxylation is 1. The van der Waals surface area contributed by atoms with Crippen molar-refractivity contribution in [2.24, 2.45) is 0 Å². The van der Waals surface area contributed by atoms with Gasteiger partial charge in [-0.1, -0.05) is 11.2 Å². The minimum Gasteiger partial charge on any atom is -0.392 e. The van der Waals surface area contributed by atoms with Crippen molar-refractivity contribution >= 4 is 0 Å². The minimum absolute atomic E-state index is 0.149. The zero-order valence-electron chi connectivity index (χ0n) is 11.6. The van der Waals surface area contributed by atoms with Crippen LogP contribution in [0.15, 0.2) is 28.9 Å². The highest BCUT2D eigenvalue weighted by Gasteiger charge is 2.33. The molecule has 112 valence electrons. The first kappa shape index (κ1) is 14.2. The Bertz CT molecular complexity index is 644. The van der Waals surface area contributed by atoms with Gasteiger partial charge in [0, 0.05) is 24.7 Å². The Hall–Kier alpha value is -1.79. The molecule has 1 N–H and O–H groups in total. The molecule has 0 bridgehead atoms. The molecular formula is C15H16F2N2O2. The normalized spacial score (nSPS) is 22.9. The molecule has 0 aliphatic carbocycles. The zero-order valence-corrected chi connectivity index (χ0v) is 11.6. The number of likely N-dealkylation sites (tertiary alicyclic amines) is 1. The van der Waals surface area contributed by atoms with Crippen LogP contribution in [0.1, 0.15) is 29.3 Å². The number of aromatic nitrogens is 1. The summed E-state index contributed by atoms with van der Waals surface area (Å²) in [6, 6.07) is 3.74. The van der Waals surface area contributed by atoms with Crippen LogP contribution in [0.4, 0.5) is 8.78 Å².